The molecule has 8 nitrogen and oxygen atoms in total. The molecule has 1 aromatic heterocycles. The molecule has 2 aromatic rings. The minimum Gasteiger partial charge on any atom is -0.322 e. The van der Waals surface area contributed by atoms with Gasteiger partial charge < -0.3 is 15.1 Å². The summed E-state index contributed by atoms with van der Waals surface area (Å²) >= 11 is 1.21. The molecule has 1 aromatic carbocycles. The Morgan fingerprint density at radius 2 is 1.88 bits per heavy atom. The van der Waals surface area contributed by atoms with Crippen LogP contribution in [0, 0.1) is 12.7 Å². The zero-order chi connectivity index (χ0) is 18.7. The Kier molecular flexibility index (Phi) is 5.43. The Morgan fingerprint density at radius 1 is 1.15 bits per heavy atom. The first kappa shape index (κ1) is 18.2. The summed E-state index contributed by atoms with van der Waals surface area (Å²) in [7, 11) is 1.99. The number of carbonyl (C=O) groups is 2. The molecule has 0 atom stereocenters. The summed E-state index contributed by atoms with van der Waals surface area (Å²) in [5, 5.41) is 13.9. The van der Waals surface area contributed by atoms with Crippen LogP contribution in [0.5, 0.6) is 0 Å². The second-order valence-electron chi connectivity index (χ2n) is 5.99. The van der Waals surface area contributed by atoms with Gasteiger partial charge in [-0.25, -0.2) is 9.18 Å². The van der Waals surface area contributed by atoms with E-state index >= 15 is 0 Å². The van der Waals surface area contributed by atoms with Crippen LogP contribution in [-0.2, 0) is 0 Å². The predicted molar refractivity (Wildman–Crippen MR) is 97.1 cm³/mol. The quantitative estimate of drug-likeness (QED) is 0.853. The first-order chi connectivity index (χ1) is 12.4. The van der Waals surface area contributed by atoms with Gasteiger partial charge in [0.2, 0.25) is 5.13 Å². The molecule has 0 bridgehead atoms. The number of aromatic nitrogens is 2. The first-order valence-electron chi connectivity index (χ1n) is 8.08. The molecule has 0 saturated carbocycles. The lowest BCUT2D eigenvalue weighted by atomic mass is 10.1. The lowest BCUT2D eigenvalue weighted by molar-refractivity contribution is 0.102. The van der Waals surface area contributed by atoms with E-state index in [9.17, 15) is 14.0 Å². The van der Waals surface area contributed by atoms with Gasteiger partial charge in [-0.15, -0.1) is 10.2 Å². The summed E-state index contributed by atoms with van der Waals surface area (Å²) in [4.78, 5) is 28.7. The van der Waals surface area contributed by atoms with Gasteiger partial charge in [-0.1, -0.05) is 11.3 Å². The van der Waals surface area contributed by atoms with E-state index in [-0.39, 0.29) is 17.3 Å². The van der Waals surface area contributed by atoms with Crippen molar-refractivity contribution in [1.29, 1.82) is 0 Å². The molecule has 138 valence electrons. The number of halogens is 1. The first-order valence-corrected chi connectivity index (χ1v) is 8.89. The number of amides is 3. The number of likely N-dealkylation sites (N-methyl/N-ethyl adjacent to an activating group) is 1. The summed E-state index contributed by atoms with van der Waals surface area (Å²) in [5.74, 6) is -1.13. The molecule has 3 rings (SSSR count). The average molecular weight is 378 g/mol. The van der Waals surface area contributed by atoms with Crippen molar-refractivity contribution in [3.8, 4) is 0 Å². The maximum Gasteiger partial charge on any atom is 0.321 e. The van der Waals surface area contributed by atoms with Gasteiger partial charge in [0, 0.05) is 26.2 Å². The highest BCUT2D eigenvalue weighted by Crippen LogP contribution is 2.21. The zero-order valence-electron chi connectivity index (χ0n) is 14.5. The fourth-order valence-electron chi connectivity index (χ4n) is 2.53. The van der Waals surface area contributed by atoms with Crippen LogP contribution in [0.2, 0.25) is 0 Å². The fraction of sp³-hybridized carbons (Fsp3) is 0.375. The molecule has 10 heteroatoms. The number of anilines is 2. The average Bonchev–Trinajstić information content (AvgIpc) is 3.01. The van der Waals surface area contributed by atoms with E-state index in [1.54, 1.807) is 11.8 Å². The molecule has 0 unspecified atom stereocenters. The SMILES string of the molecule is Cc1nnc(NC(=O)c2cc(F)ccc2NC(=O)N2CCN(C)CC2)s1. The van der Waals surface area contributed by atoms with Crippen LogP contribution in [-0.4, -0.2) is 65.2 Å². The van der Waals surface area contributed by atoms with Crippen molar-refractivity contribution in [2.45, 2.75) is 6.92 Å². The summed E-state index contributed by atoms with van der Waals surface area (Å²) in [5.41, 5.74) is 0.273. The summed E-state index contributed by atoms with van der Waals surface area (Å²) in [6.07, 6.45) is 0. The molecule has 26 heavy (non-hydrogen) atoms. The predicted octanol–water partition coefficient (Wildman–Crippen LogP) is 2.02. The van der Waals surface area contributed by atoms with Gasteiger partial charge in [0.15, 0.2) is 0 Å². The molecule has 1 saturated heterocycles. The van der Waals surface area contributed by atoms with E-state index in [2.05, 4.69) is 25.7 Å². The third kappa shape index (κ3) is 4.33. The van der Waals surface area contributed by atoms with Crippen molar-refractivity contribution in [1.82, 2.24) is 20.0 Å². The molecule has 3 amide bonds. The zero-order valence-corrected chi connectivity index (χ0v) is 15.3. The van der Waals surface area contributed by atoms with Gasteiger partial charge in [0.1, 0.15) is 10.8 Å². The molecule has 2 N–H and O–H groups in total. The van der Waals surface area contributed by atoms with Gasteiger partial charge in [0.25, 0.3) is 5.91 Å². The summed E-state index contributed by atoms with van der Waals surface area (Å²) in [6.45, 7) is 4.50. The Balaban J connectivity index is 1.75. The van der Waals surface area contributed by atoms with Crippen LogP contribution < -0.4 is 10.6 Å². The molecule has 0 spiro atoms. The second-order valence-corrected chi connectivity index (χ2v) is 7.17. The number of piperazine rings is 1. The number of urea groups is 1. The lowest BCUT2D eigenvalue weighted by Gasteiger charge is -2.32. The van der Waals surface area contributed by atoms with E-state index in [0.717, 1.165) is 19.2 Å². The van der Waals surface area contributed by atoms with Crippen LogP contribution in [0.4, 0.5) is 20.0 Å². The van der Waals surface area contributed by atoms with Crippen molar-refractivity contribution >= 4 is 34.1 Å². The van der Waals surface area contributed by atoms with Crippen molar-refractivity contribution in [3.05, 3.63) is 34.6 Å². The number of nitrogens with one attached hydrogen (secondary N) is 2. The monoisotopic (exact) mass is 378 g/mol. The van der Waals surface area contributed by atoms with E-state index in [1.807, 2.05) is 7.05 Å². The van der Waals surface area contributed by atoms with E-state index < -0.39 is 11.7 Å². The maximum absolute atomic E-state index is 13.7. The Hall–Kier alpha value is -2.59. The van der Waals surface area contributed by atoms with Crippen LogP contribution in [0.15, 0.2) is 18.2 Å². The van der Waals surface area contributed by atoms with E-state index in [4.69, 9.17) is 0 Å². The number of hydrogen-bond donors (Lipinski definition) is 2. The van der Waals surface area contributed by atoms with Gasteiger partial charge in [-0.3, -0.25) is 10.1 Å². The van der Waals surface area contributed by atoms with Gasteiger partial charge in [-0.05, 0) is 32.2 Å². The standard InChI is InChI=1S/C16H19FN6O2S/c1-10-20-21-15(26-10)19-14(24)12-9-11(17)3-4-13(12)18-16(25)23-7-5-22(2)6-8-23/h3-4,9H,5-8H2,1-2H3,(H,18,25)(H,19,21,24). The smallest absolute Gasteiger partial charge is 0.321 e. The third-order valence-electron chi connectivity index (χ3n) is 4.00. The number of aryl methyl sites for hydroxylation is 1. The van der Waals surface area contributed by atoms with Gasteiger partial charge in [-0.2, -0.15) is 0 Å². The highest BCUT2D eigenvalue weighted by atomic mass is 32.1. The molecule has 2 heterocycles. The second kappa shape index (κ2) is 7.75. The molecule has 1 fully saturated rings. The minimum atomic E-state index is -0.568. The lowest BCUT2D eigenvalue weighted by Crippen LogP contribution is -2.48. The number of benzene rings is 1. The van der Waals surface area contributed by atoms with E-state index in [0.29, 0.717) is 23.2 Å². The van der Waals surface area contributed by atoms with Crippen LogP contribution in [0.1, 0.15) is 15.4 Å². The summed E-state index contributed by atoms with van der Waals surface area (Å²) < 4.78 is 13.7. The normalized spacial score (nSPS) is 15.0. The highest BCUT2D eigenvalue weighted by Gasteiger charge is 2.21. The Labute approximate surface area is 154 Å². The van der Waals surface area contributed by atoms with Crippen LogP contribution in [0.3, 0.4) is 0 Å². The van der Waals surface area contributed by atoms with Crippen molar-refractivity contribution in [2.24, 2.45) is 0 Å². The molecule has 1 aliphatic rings. The Morgan fingerprint density at radius 3 is 2.54 bits per heavy atom. The number of rotatable bonds is 3. The summed E-state index contributed by atoms with van der Waals surface area (Å²) in [6, 6.07) is 3.35. The largest absolute Gasteiger partial charge is 0.322 e. The minimum absolute atomic E-state index is 0.0281. The number of hydrogen-bond acceptors (Lipinski definition) is 6. The van der Waals surface area contributed by atoms with Crippen molar-refractivity contribution < 1.29 is 14.0 Å². The van der Waals surface area contributed by atoms with Crippen LogP contribution >= 0.6 is 11.3 Å². The van der Waals surface area contributed by atoms with Crippen LogP contribution in [0.25, 0.3) is 0 Å². The molecular weight excluding hydrogens is 359 g/mol. The number of nitrogens with zero attached hydrogens (tertiary/aromatic N) is 4. The highest BCUT2D eigenvalue weighted by molar-refractivity contribution is 7.15. The molecule has 1 aliphatic heterocycles. The van der Waals surface area contributed by atoms with Crippen molar-refractivity contribution in [2.75, 3.05) is 43.9 Å². The fourth-order valence-corrected chi connectivity index (χ4v) is 3.12. The third-order valence-corrected chi connectivity index (χ3v) is 4.76. The maximum atomic E-state index is 13.7. The number of carbonyl (C=O) groups excluding carboxylic acids is 2. The molecule has 0 radical (unpaired) electrons. The topological polar surface area (TPSA) is 90.5 Å². The molecule has 0 aliphatic carbocycles. The van der Waals surface area contributed by atoms with E-state index in [1.165, 1.54) is 23.5 Å². The molecular formula is C16H19FN6O2S. The van der Waals surface area contributed by atoms with Gasteiger partial charge >= 0.3 is 6.03 Å². The van der Waals surface area contributed by atoms with Gasteiger partial charge in [0.05, 0.1) is 11.3 Å². The van der Waals surface area contributed by atoms with Crippen molar-refractivity contribution in [3.63, 3.8) is 0 Å². The Bertz CT molecular complexity index is 819.